The molecule has 0 radical (unpaired) electrons. The second kappa shape index (κ2) is 5.52. The van der Waals surface area contributed by atoms with Crippen LogP contribution in [-0.2, 0) is 9.59 Å². The summed E-state index contributed by atoms with van der Waals surface area (Å²) < 4.78 is 3.88. The molecule has 0 saturated carbocycles. The lowest BCUT2D eigenvalue weighted by Gasteiger charge is -2.08. The van der Waals surface area contributed by atoms with Crippen molar-refractivity contribution in [2.24, 2.45) is 5.73 Å². The normalized spacial score (nSPS) is 12.1. The highest BCUT2D eigenvalue weighted by Gasteiger charge is 2.16. The van der Waals surface area contributed by atoms with Crippen LogP contribution in [0.4, 0.5) is 5.13 Å². The molecule has 0 aromatic carbocycles. The lowest BCUT2D eigenvalue weighted by Crippen LogP contribution is -2.36. The van der Waals surface area contributed by atoms with Gasteiger partial charge in [0.15, 0.2) is 0 Å². The van der Waals surface area contributed by atoms with Gasteiger partial charge in [0, 0.05) is 18.0 Å². The minimum Gasteiger partial charge on any atom is -0.481 e. The first-order chi connectivity index (χ1) is 7.49. The van der Waals surface area contributed by atoms with Crippen molar-refractivity contribution in [3.8, 4) is 0 Å². The number of hydrogen-bond acceptors (Lipinski definition) is 6. The molecule has 1 amide bonds. The van der Waals surface area contributed by atoms with Crippen LogP contribution >= 0.6 is 11.5 Å². The molecule has 1 rings (SSSR count). The van der Waals surface area contributed by atoms with Gasteiger partial charge in [-0.15, -0.1) is 0 Å². The lowest BCUT2D eigenvalue weighted by molar-refractivity contribution is -0.137. The summed E-state index contributed by atoms with van der Waals surface area (Å²) in [5.74, 6) is -0.855. The minimum absolute atomic E-state index is 0.0962. The fraction of sp³-hybridized carbons (Fsp3) is 0.500. The zero-order valence-corrected chi connectivity index (χ0v) is 9.45. The van der Waals surface area contributed by atoms with E-state index >= 15 is 0 Å². The van der Waals surface area contributed by atoms with Crippen LogP contribution in [0.2, 0.25) is 0 Å². The molecule has 0 aliphatic heterocycles. The number of aryl methyl sites for hydroxylation is 1. The monoisotopic (exact) mass is 244 g/mol. The van der Waals surface area contributed by atoms with Crippen molar-refractivity contribution in [3.05, 3.63) is 5.82 Å². The van der Waals surface area contributed by atoms with Crippen molar-refractivity contribution in [1.29, 1.82) is 0 Å². The molecule has 7 nitrogen and oxygen atoms in total. The quantitative estimate of drug-likeness (QED) is 0.669. The molecule has 0 bridgehead atoms. The molecule has 8 heteroatoms. The number of carbonyl (C=O) groups is 2. The van der Waals surface area contributed by atoms with Gasteiger partial charge in [-0.05, 0) is 13.3 Å². The summed E-state index contributed by atoms with van der Waals surface area (Å²) in [6.07, 6.45) is -0.0390. The zero-order chi connectivity index (χ0) is 12.1. The Kier molecular flexibility index (Phi) is 4.32. The van der Waals surface area contributed by atoms with Crippen molar-refractivity contribution in [1.82, 2.24) is 9.36 Å². The highest BCUT2D eigenvalue weighted by molar-refractivity contribution is 7.09. The Morgan fingerprint density at radius 1 is 1.62 bits per heavy atom. The van der Waals surface area contributed by atoms with E-state index in [9.17, 15) is 9.59 Å². The fourth-order valence-electron chi connectivity index (χ4n) is 0.956. The van der Waals surface area contributed by atoms with Gasteiger partial charge in [0.2, 0.25) is 11.0 Å². The van der Waals surface area contributed by atoms with Gasteiger partial charge in [0.1, 0.15) is 5.82 Å². The van der Waals surface area contributed by atoms with Crippen LogP contribution in [0.3, 0.4) is 0 Å². The molecule has 16 heavy (non-hydrogen) atoms. The van der Waals surface area contributed by atoms with Gasteiger partial charge in [-0.3, -0.25) is 14.9 Å². The summed E-state index contributed by atoms with van der Waals surface area (Å²) in [5.41, 5.74) is 5.50. The van der Waals surface area contributed by atoms with Crippen LogP contribution in [0.25, 0.3) is 0 Å². The number of nitrogens with one attached hydrogen (secondary N) is 1. The summed E-state index contributed by atoms with van der Waals surface area (Å²) in [7, 11) is 0. The van der Waals surface area contributed by atoms with Crippen molar-refractivity contribution < 1.29 is 14.7 Å². The molecule has 0 aliphatic carbocycles. The van der Waals surface area contributed by atoms with Crippen LogP contribution in [0, 0.1) is 6.92 Å². The Morgan fingerprint density at radius 2 is 2.31 bits per heavy atom. The van der Waals surface area contributed by atoms with E-state index in [1.807, 2.05) is 0 Å². The maximum absolute atomic E-state index is 11.4. The number of carboxylic acid groups (broad SMARTS) is 1. The first-order valence-electron chi connectivity index (χ1n) is 4.57. The second-order valence-corrected chi connectivity index (χ2v) is 3.93. The number of hydrogen-bond donors (Lipinski definition) is 3. The van der Waals surface area contributed by atoms with Crippen LogP contribution in [-0.4, -0.2) is 32.4 Å². The third-order valence-electron chi connectivity index (χ3n) is 1.76. The van der Waals surface area contributed by atoms with E-state index in [0.717, 1.165) is 11.5 Å². The molecule has 88 valence electrons. The number of amides is 1. The Morgan fingerprint density at radius 3 is 2.81 bits per heavy atom. The molecule has 1 heterocycles. The molecule has 0 spiro atoms. The maximum Gasteiger partial charge on any atom is 0.303 e. The van der Waals surface area contributed by atoms with Gasteiger partial charge < -0.3 is 10.8 Å². The fourth-order valence-corrected chi connectivity index (χ4v) is 1.53. The van der Waals surface area contributed by atoms with E-state index in [-0.39, 0.29) is 12.8 Å². The zero-order valence-electron chi connectivity index (χ0n) is 8.64. The minimum atomic E-state index is -0.977. The molecular formula is C8H12N4O3S. The Bertz CT molecular complexity index is 392. The molecule has 1 aromatic rings. The third-order valence-corrected chi connectivity index (χ3v) is 2.49. The summed E-state index contributed by atoms with van der Waals surface area (Å²) in [5, 5.41) is 11.3. The number of rotatable bonds is 5. The molecule has 1 atom stereocenters. The number of anilines is 1. The van der Waals surface area contributed by atoms with Crippen molar-refractivity contribution in [3.63, 3.8) is 0 Å². The van der Waals surface area contributed by atoms with Gasteiger partial charge in [0.25, 0.3) is 0 Å². The highest BCUT2D eigenvalue weighted by atomic mass is 32.1. The summed E-state index contributed by atoms with van der Waals surface area (Å²) >= 11 is 1.05. The lowest BCUT2D eigenvalue weighted by atomic mass is 10.1. The number of nitrogens with two attached hydrogens (primary N) is 1. The van der Waals surface area contributed by atoms with E-state index < -0.39 is 17.9 Å². The van der Waals surface area contributed by atoms with Gasteiger partial charge in [-0.25, -0.2) is 4.98 Å². The molecule has 0 aliphatic rings. The summed E-state index contributed by atoms with van der Waals surface area (Å²) in [4.78, 5) is 25.7. The van der Waals surface area contributed by atoms with Gasteiger partial charge in [-0.2, -0.15) is 4.37 Å². The Labute approximate surface area is 95.8 Å². The van der Waals surface area contributed by atoms with Crippen LogP contribution in [0.5, 0.6) is 0 Å². The maximum atomic E-state index is 11.4. The predicted molar refractivity (Wildman–Crippen MR) is 58.1 cm³/mol. The Balaban J connectivity index is 2.42. The van der Waals surface area contributed by atoms with E-state index in [1.165, 1.54) is 0 Å². The Hall–Kier alpha value is -1.54. The van der Waals surface area contributed by atoms with Crippen LogP contribution in [0.1, 0.15) is 18.7 Å². The van der Waals surface area contributed by atoms with Crippen LogP contribution < -0.4 is 11.1 Å². The standard InChI is InChI=1S/C8H12N4O3S/c1-4-10-8(16-12-4)11-7(15)5(9)2-3-6(13)14/h5H,2-3,9H2,1H3,(H,13,14)(H,10,11,12,15). The molecule has 0 saturated heterocycles. The number of aliphatic carboxylic acids is 1. The molecule has 0 fully saturated rings. The van der Waals surface area contributed by atoms with Gasteiger partial charge in [-0.1, -0.05) is 0 Å². The third kappa shape index (κ3) is 3.91. The average molecular weight is 244 g/mol. The van der Waals surface area contributed by atoms with Gasteiger partial charge in [0.05, 0.1) is 6.04 Å². The highest BCUT2D eigenvalue weighted by Crippen LogP contribution is 2.10. The molecular weight excluding hydrogens is 232 g/mol. The van der Waals surface area contributed by atoms with E-state index in [1.54, 1.807) is 6.92 Å². The largest absolute Gasteiger partial charge is 0.481 e. The smallest absolute Gasteiger partial charge is 0.303 e. The van der Waals surface area contributed by atoms with E-state index in [4.69, 9.17) is 10.8 Å². The van der Waals surface area contributed by atoms with Gasteiger partial charge >= 0.3 is 5.97 Å². The van der Waals surface area contributed by atoms with Crippen LogP contribution in [0.15, 0.2) is 0 Å². The second-order valence-electron chi connectivity index (χ2n) is 3.17. The molecule has 1 aromatic heterocycles. The number of aromatic nitrogens is 2. The van der Waals surface area contributed by atoms with E-state index in [0.29, 0.717) is 11.0 Å². The predicted octanol–water partition coefficient (Wildman–Crippen LogP) is -0.0229. The first-order valence-corrected chi connectivity index (χ1v) is 5.35. The number of carbonyl (C=O) groups excluding carboxylic acids is 1. The summed E-state index contributed by atoms with van der Waals surface area (Å²) in [6, 6.07) is -0.847. The topological polar surface area (TPSA) is 118 Å². The number of nitrogens with zero attached hydrogens (tertiary/aromatic N) is 2. The summed E-state index contributed by atoms with van der Waals surface area (Å²) in [6.45, 7) is 1.70. The molecule has 1 unspecified atom stereocenters. The SMILES string of the molecule is Cc1nsc(NC(=O)C(N)CCC(=O)O)n1. The molecule has 4 N–H and O–H groups in total. The van der Waals surface area contributed by atoms with Crippen molar-refractivity contribution >= 4 is 28.5 Å². The first kappa shape index (κ1) is 12.5. The average Bonchev–Trinajstić information content (AvgIpc) is 2.60. The van der Waals surface area contributed by atoms with Crippen molar-refractivity contribution in [2.75, 3.05) is 5.32 Å². The van der Waals surface area contributed by atoms with Crippen molar-refractivity contribution in [2.45, 2.75) is 25.8 Å². The number of carboxylic acids is 1. The van der Waals surface area contributed by atoms with E-state index in [2.05, 4.69) is 14.7 Å².